The minimum absolute atomic E-state index is 0.178. The lowest BCUT2D eigenvalue weighted by Crippen LogP contribution is -2.09. The maximum Gasteiger partial charge on any atom is 0.389 e. The minimum atomic E-state index is -4.24. The maximum atomic E-state index is 12.0. The number of alkyl halides is 3. The third kappa shape index (κ3) is 4.46. The summed E-state index contributed by atoms with van der Waals surface area (Å²) in [6, 6.07) is 4.72. The van der Waals surface area contributed by atoms with Gasteiger partial charge in [-0.05, 0) is 18.6 Å². The zero-order valence-electron chi connectivity index (χ0n) is 10.7. The van der Waals surface area contributed by atoms with E-state index >= 15 is 0 Å². The van der Waals surface area contributed by atoms with E-state index in [-0.39, 0.29) is 29.9 Å². The molecule has 0 atom stereocenters. The van der Waals surface area contributed by atoms with E-state index in [9.17, 15) is 18.0 Å². The molecule has 1 rings (SSSR count). The first-order valence-corrected chi connectivity index (χ1v) is 5.70. The van der Waals surface area contributed by atoms with Gasteiger partial charge in [-0.15, -0.1) is 0 Å². The predicted octanol–water partition coefficient (Wildman–Crippen LogP) is 3.62. The van der Waals surface area contributed by atoms with Gasteiger partial charge in [-0.25, -0.2) is 0 Å². The number of hydrogen-bond acceptors (Lipinski definition) is 3. The van der Waals surface area contributed by atoms with E-state index < -0.39 is 12.6 Å². The molecule has 106 valence electrons. The van der Waals surface area contributed by atoms with Crippen molar-refractivity contribution in [3.8, 4) is 11.5 Å². The number of carbonyl (C=O) groups excluding carboxylic acids is 1. The van der Waals surface area contributed by atoms with Crippen LogP contribution in [0.4, 0.5) is 13.2 Å². The van der Waals surface area contributed by atoms with E-state index in [1.807, 2.05) is 0 Å². The van der Waals surface area contributed by atoms with E-state index in [0.29, 0.717) is 5.75 Å². The molecule has 19 heavy (non-hydrogen) atoms. The lowest BCUT2D eigenvalue weighted by atomic mass is 10.0. The van der Waals surface area contributed by atoms with Crippen molar-refractivity contribution in [3.05, 3.63) is 23.8 Å². The summed E-state index contributed by atoms with van der Waals surface area (Å²) in [5.74, 6) is 0.242. The zero-order chi connectivity index (χ0) is 14.5. The van der Waals surface area contributed by atoms with Crippen LogP contribution >= 0.6 is 0 Å². The number of para-hydroxylation sites is 1. The molecule has 0 amide bonds. The van der Waals surface area contributed by atoms with Gasteiger partial charge < -0.3 is 9.47 Å². The van der Waals surface area contributed by atoms with E-state index in [0.717, 1.165) is 0 Å². The van der Waals surface area contributed by atoms with Crippen molar-refractivity contribution in [2.75, 3.05) is 14.2 Å². The Morgan fingerprint density at radius 3 is 2.42 bits per heavy atom. The number of halogens is 3. The molecule has 0 heterocycles. The van der Waals surface area contributed by atoms with Crippen LogP contribution in [0.15, 0.2) is 18.2 Å². The highest BCUT2D eigenvalue weighted by Gasteiger charge is 2.27. The van der Waals surface area contributed by atoms with Crippen molar-refractivity contribution in [2.45, 2.75) is 25.4 Å². The molecule has 0 saturated heterocycles. The summed E-state index contributed by atoms with van der Waals surface area (Å²) in [5, 5.41) is 0. The third-order valence-corrected chi connectivity index (χ3v) is 2.57. The van der Waals surface area contributed by atoms with Crippen molar-refractivity contribution in [2.24, 2.45) is 0 Å². The normalized spacial score (nSPS) is 11.2. The van der Waals surface area contributed by atoms with Gasteiger partial charge in [-0.2, -0.15) is 13.2 Å². The average molecular weight is 276 g/mol. The van der Waals surface area contributed by atoms with E-state index in [4.69, 9.17) is 9.47 Å². The van der Waals surface area contributed by atoms with Gasteiger partial charge in [0.1, 0.15) is 0 Å². The van der Waals surface area contributed by atoms with Crippen LogP contribution in [0.2, 0.25) is 0 Å². The van der Waals surface area contributed by atoms with Gasteiger partial charge in [0.2, 0.25) is 0 Å². The Bertz CT molecular complexity index is 441. The van der Waals surface area contributed by atoms with Crippen LogP contribution in [0.25, 0.3) is 0 Å². The third-order valence-electron chi connectivity index (χ3n) is 2.57. The Hall–Kier alpha value is -1.72. The summed E-state index contributed by atoms with van der Waals surface area (Å²) >= 11 is 0. The van der Waals surface area contributed by atoms with E-state index in [1.54, 1.807) is 12.1 Å². The van der Waals surface area contributed by atoms with Crippen molar-refractivity contribution in [1.82, 2.24) is 0 Å². The molecule has 0 aliphatic rings. The molecule has 0 N–H and O–H groups in total. The molecule has 0 aliphatic heterocycles. The summed E-state index contributed by atoms with van der Waals surface area (Å²) < 4.78 is 46.1. The Morgan fingerprint density at radius 2 is 1.89 bits per heavy atom. The lowest BCUT2D eigenvalue weighted by Gasteiger charge is -2.12. The van der Waals surface area contributed by atoms with Crippen molar-refractivity contribution in [1.29, 1.82) is 0 Å². The molecule has 0 aromatic heterocycles. The zero-order valence-corrected chi connectivity index (χ0v) is 10.7. The largest absolute Gasteiger partial charge is 0.493 e. The fourth-order valence-corrected chi connectivity index (χ4v) is 1.69. The fraction of sp³-hybridized carbons (Fsp3) is 0.462. The number of benzene rings is 1. The Balaban J connectivity index is 2.77. The van der Waals surface area contributed by atoms with Gasteiger partial charge in [0.05, 0.1) is 19.8 Å². The van der Waals surface area contributed by atoms with Crippen LogP contribution in [0.5, 0.6) is 11.5 Å². The minimum Gasteiger partial charge on any atom is -0.493 e. The average Bonchev–Trinajstić information content (AvgIpc) is 2.35. The Morgan fingerprint density at radius 1 is 1.21 bits per heavy atom. The number of Topliss-reactive ketones (excluding diaryl/α,β-unsaturated/α-hetero) is 1. The van der Waals surface area contributed by atoms with E-state index in [1.165, 1.54) is 20.3 Å². The molecule has 0 radical (unpaired) electrons. The summed E-state index contributed by atoms with van der Waals surface area (Å²) in [7, 11) is 2.81. The Kier molecular flexibility index (Phi) is 5.20. The first-order chi connectivity index (χ1) is 8.89. The van der Waals surface area contributed by atoms with Crippen molar-refractivity contribution >= 4 is 5.78 Å². The van der Waals surface area contributed by atoms with Crippen LogP contribution in [-0.4, -0.2) is 26.2 Å². The first kappa shape index (κ1) is 15.3. The monoisotopic (exact) mass is 276 g/mol. The predicted molar refractivity (Wildman–Crippen MR) is 63.8 cm³/mol. The van der Waals surface area contributed by atoms with Crippen LogP contribution in [-0.2, 0) is 0 Å². The number of carbonyl (C=O) groups is 1. The highest BCUT2D eigenvalue weighted by molar-refractivity contribution is 5.99. The Labute approximate surface area is 109 Å². The lowest BCUT2D eigenvalue weighted by molar-refractivity contribution is -0.135. The SMILES string of the molecule is COc1cccc(C(=O)CCCC(F)(F)F)c1OC. The standard InChI is InChI=1S/C13H15F3O3/c1-18-11-7-3-5-9(12(11)19-2)10(17)6-4-8-13(14,15)16/h3,5,7H,4,6,8H2,1-2H3. The molecule has 0 aliphatic carbocycles. The van der Waals surface area contributed by atoms with Gasteiger partial charge in [-0.3, -0.25) is 4.79 Å². The number of hydrogen-bond donors (Lipinski definition) is 0. The van der Waals surface area contributed by atoms with Gasteiger partial charge in [0.15, 0.2) is 17.3 Å². The molecule has 6 heteroatoms. The number of ketones is 1. The molecule has 0 bridgehead atoms. The van der Waals surface area contributed by atoms with Crippen molar-refractivity contribution in [3.63, 3.8) is 0 Å². The van der Waals surface area contributed by atoms with Gasteiger partial charge in [0, 0.05) is 12.8 Å². The summed E-state index contributed by atoms with van der Waals surface area (Å²) in [5.41, 5.74) is 0.240. The van der Waals surface area contributed by atoms with Crippen LogP contribution < -0.4 is 9.47 Å². The molecule has 0 fully saturated rings. The second kappa shape index (κ2) is 6.45. The van der Waals surface area contributed by atoms with Crippen molar-refractivity contribution < 1.29 is 27.4 Å². The smallest absolute Gasteiger partial charge is 0.389 e. The topological polar surface area (TPSA) is 35.5 Å². The first-order valence-electron chi connectivity index (χ1n) is 5.70. The summed E-state index contributed by atoms with van der Waals surface area (Å²) in [6.07, 6.45) is -5.62. The highest BCUT2D eigenvalue weighted by Crippen LogP contribution is 2.32. The fourth-order valence-electron chi connectivity index (χ4n) is 1.69. The van der Waals surface area contributed by atoms with Gasteiger partial charge in [-0.1, -0.05) is 6.07 Å². The number of methoxy groups -OCH3 is 2. The molecular formula is C13H15F3O3. The molecule has 3 nitrogen and oxygen atoms in total. The molecule has 0 saturated carbocycles. The maximum absolute atomic E-state index is 12.0. The van der Waals surface area contributed by atoms with Crippen LogP contribution in [0.3, 0.4) is 0 Å². The summed E-state index contributed by atoms with van der Waals surface area (Å²) in [6.45, 7) is 0. The number of rotatable bonds is 6. The second-order valence-corrected chi connectivity index (χ2v) is 3.93. The quantitative estimate of drug-likeness (QED) is 0.744. The molecular weight excluding hydrogens is 261 g/mol. The molecule has 1 aromatic rings. The number of ether oxygens (including phenoxy) is 2. The van der Waals surface area contributed by atoms with Gasteiger partial charge >= 0.3 is 6.18 Å². The summed E-state index contributed by atoms with van der Waals surface area (Å²) in [4.78, 5) is 11.9. The molecule has 1 aromatic carbocycles. The van der Waals surface area contributed by atoms with Crippen LogP contribution in [0, 0.1) is 0 Å². The highest BCUT2D eigenvalue weighted by atomic mass is 19.4. The van der Waals surface area contributed by atoms with Gasteiger partial charge in [0.25, 0.3) is 0 Å². The van der Waals surface area contributed by atoms with E-state index in [2.05, 4.69) is 0 Å². The second-order valence-electron chi connectivity index (χ2n) is 3.93. The molecule has 0 spiro atoms. The molecule has 0 unspecified atom stereocenters. The van der Waals surface area contributed by atoms with Crippen LogP contribution in [0.1, 0.15) is 29.6 Å².